The van der Waals surface area contributed by atoms with Gasteiger partial charge in [-0.1, -0.05) is 0 Å². The standard InChI is InChI=1S/C22H24N6O2S/c1-23-22(29)26-17-4-2-16(3-5-17)21-25-18(15-31-19-6-8-24-9-7-19)14-20(27-21)28-10-12-30-13-11-28/h2-9,14H,10-13,15H2,1H3,(H2,23,26,29). The second kappa shape index (κ2) is 10.2. The molecule has 0 spiro atoms. The number of ether oxygens (including phenoxy) is 1. The van der Waals surface area contributed by atoms with Crippen LogP contribution in [0.2, 0.25) is 0 Å². The Balaban J connectivity index is 1.59. The van der Waals surface area contributed by atoms with Crippen molar-refractivity contribution in [3.05, 3.63) is 60.6 Å². The van der Waals surface area contributed by atoms with Crippen molar-refractivity contribution in [2.45, 2.75) is 10.6 Å². The minimum Gasteiger partial charge on any atom is -0.378 e. The third-order valence-corrected chi connectivity index (χ3v) is 5.81. The largest absolute Gasteiger partial charge is 0.378 e. The lowest BCUT2D eigenvalue weighted by Gasteiger charge is -2.28. The van der Waals surface area contributed by atoms with Gasteiger partial charge in [0, 0.05) is 60.5 Å². The molecule has 0 aliphatic carbocycles. The Hall–Kier alpha value is -3.17. The number of urea groups is 1. The third kappa shape index (κ3) is 5.71. The van der Waals surface area contributed by atoms with E-state index >= 15 is 0 Å². The van der Waals surface area contributed by atoms with Crippen LogP contribution in [0, 0.1) is 0 Å². The first-order valence-electron chi connectivity index (χ1n) is 10.0. The lowest BCUT2D eigenvalue weighted by molar-refractivity contribution is 0.122. The van der Waals surface area contributed by atoms with E-state index in [2.05, 4.69) is 26.6 Å². The van der Waals surface area contributed by atoms with E-state index in [0.29, 0.717) is 24.7 Å². The van der Waals surface area contributed by atoms with Gasteiger partial charge in [-0.3, -0.25) is 4.98 Å². The molecule has 3 aromatic rings. The fourth-order valence-electron chi connectivity index (χ4n) is 3.13. The molecule has 1 aliphatic rings. The smallest absolute Gasteiger partial charge is 0.318 e. The molecule has 1 aromatic carbocycles. The number of morpholine rings is 1. The monoisotopic (exact) mass is 436 g/mol. The minimum atomic E-state index is -0.256. The number of nitrogens with one attached hydrogen (secondary N) is 2. The lowest BCUT2D eigenvalue weighted by Crippen LogP contribution is -2.37. The highest BCUT2D eigenvalue weighted by molar-refractivity contribution is 7.98. The van der Waals surface area contributed by atoms with Crippen molar-refractivity contribution < 1.29 is 9.53 Å². The maximum atomic E-state index is 11.5. The normalized spacial score (nSPS) is 13.6. The number of thioether (sulfide) groups is 1. The first-order valence-corrected chi connectivity index (χ1v) is 11.0. The molecule has 4 rings (SSSR count). The molecule has 0 radical (unpaired) electrons. The van der Waals surface area contributed by atoms with Crippen LogP contribution in [0.3, 0.4) is 0 Å². The van der Waals surface area contributed by atoms with Gasteiger partial charge in [0.25, 0.3) is 0 Å². The number of anilines is 2. The molecule has 0 saturated carbocycles. The second-order valence-corrected chi connectivity index (χ2v) is 7.94. The third-order valence-electron chi connectivity index (χ3n) is 4.77. The van der Waals surface area contributed by atoms with Crippen molar-refractivity contribution in [3.8, 4) is 11.4 Å². The Morgan fingerprint density at radius 2 is 1.84 bits per heavy atom. The van der Waals surface area contributed by atoms with Crippen LogP contribution < -0.4 is 15.5 Å². The highest BCUT2D eigenvalue weighted by Crippen LogP contribution is 2.26. The van der Waals surface area contributed by atoms with Crippen molar-refractivity contribution in [3.63, 3.8) is 0 Å². The van der Waals surface area contributed by atoms with Crippen LogP contribution in [-0.2, 0) is 10.5 Å². The Morgan fingerprint density at radius 3 is 2.55 bits per heavy atom. The number of benzene rings is 1. The van der Waals surface area contributed by atoms with Crippen molar-refractivity contribution in [2.75, 3.05) is 43.6 Å². The highest BCUT2D eigenvalue weighted by atomic mass is 32.2. The maximum Gasteiger partial charge on any atom is 0.318 e. The molecular weight excluding hydrogens is 412 g/mol. The van der Waals surface area contributed by atoms with Gasteiger partial charge in [0.05, 0.1) is 18.9 Å². The zero-order valence-corrected chi connectivity index (χ0v) is 18.1. The summed E-state index contributed by atoms with van der Waals surface area (Å²) in [5.41, 5.74) is 2.56. The van der Waals surface area contributed by atoms with Gasteiger partial charge in [-0.25, -0.2) is 14.8 Å². The van der Waals surface area contributed by atoms with E-state index in [1.54, 1.807) is 31.2 Å². The van der Waals surface area contributed by atoms with E-state index in [4.69, 9.17) is 14.7 Å². The molecular formula is C22H24N6O2S. The Bertz CT molecular complexity index is 1010. The minimum absolute atomic E-state index is 0.256. The van der Waals surface area contributed by atoms with Gasteiger partial charge in [0.1, 0.15) is 5.82 Å². The van der Waals surface area contributed by atoms with E-state index in [9.17, 15) is 4.79 Å². The van der Waals surface area contributed by atoms with Crippen LogP contribution in [0.25, 0.3) is 11.4 Å². The molecule has 2 aromatic heterocycles. The Morgan fingerprint density at radius 1 is 1.10 bits per heavy atom. The zero-order chi connectivity index (χ0) is 21.5. The summed E-state index contributed by atoms with van der Waals surface area (Å²) in [5.74, 6) is 2.31. The summed E-state index contributed by atoms with van der Waals surface area (Å²) in [4.78, 5) is 28.6. The lowest BCUT2D eigenvalue weighted by atomic mass is 10.2. The van der Waals surface area contributed by atoms with Crippen LogP contribution >= 0.6 is 11.8 Å². The van der Waals surface area contributed by atoms with Crippen LogP contribution in [0.1, 0.15) is 5.69 Å². The van der Waals surface area contributed by atoms with E-state index < -0.39 is 0 Å². The average molecular weight is 437 g/mol. The summed E-state index contributed by atoms with van der Waals surface area (Å²) < 4.78 is 5.49. The molecule has 31 heavy (non-hydrogen) atoms. The van der Waals surface area contributed by atoms with Crippen molar-refractivity contribution in [2.24, 2.45) is 0 Å². The quantitative estimate of drug-likeness (QED) is 0.572. The molecule has 160 valence electrons. The predicted molar refractivity (Wildman–Crippen MR) is 122 cm³/mol. The fraction of sp³-hybridized carbons (Fsp3) is 0.273. The van der Waals surface area contributed by atoms with Gasteiger partial charge >= 0.3 is 6.03 Å². The SMILES string of the molecule is CNC(=O)Nc1ccc(-c2nc(CSc3ccncc3)cc(N3CCOCC3)n2)cc1. The molecule has 0 atom stereocenters. The number of aromatic nitrogens is 3. The van der Waals surface area contributed by atoms with Gasteiger partial charge in [-0.05, 0) is 36.4 Å². The molecule has 2 N–H and O–H groups in total. The van der Waals surface area contributed by atoms with Crippen LogP contribution in [0.4, 0.5) is 16.3 Å². The van der Waals surface area contributed by atoms with Crippen molar-refractivity contribution >= 4 is 29.3 Å². The molecule has 3 heterocycles. The summed E-state index contributed by atoms with van der Waals surface area (Å²) in [6, 6.07) is 13.3. The van der Waals surface area contributed by atoms with Gasteiger partial charge in [0.2, 0.25) is 0 Å². The number of rotatable bonds is 6. The van der Waals surface area contributed by atoms with Gasteiger partial charge in [-0.2, -0.15) is 0 Å². The summed E-state index contributed by atoms with van der Waals surface area (Å²) in [5, 5.41) is 5.30. The van der Waals surface area contributed by atoms with E-state index in [0.717, 1.165) is 40.8 Å². The number of carbonyl (C=O) groups excluding carboxylic acids is 1. The molecule has 2 amide bonds. The number of hydrogen-bond donors (Lipinski definition) is 2. The summed E-state index contributed by atoms with van der Waals surface area (Å²) >= 11 is 1.72. The van der Waals surface area contributed by atoms with Crippen molar-refractivity contribution in [1.29, 1.82) is 0 Å². The van der Waals surface area contributed by atoms with Gasteiger partial charge < -0.3 is 20.3 Å². The first-order chi connectivity index (χ1) is 15.2. The number of nitrogens with zero attached hydrogens (tertiary/aromatic N) is 4. The van der Waals surface area contributed by atoms with Crippen molar-refractivity contribution in [1.82, 2.24) is 20.3 Å². The molecule has 1 fully saturated rings. The van der Waals surface area contributed by atoms with Crippen LogP contribution in [0.5, 0.6) is 0 Å². The molecule has 0 bridgehead atoms. The van der Waals surface area contributed by atoms with E-state index in [-0.39, 0.29) is 6.03 Å². The second-order valence-electron chi connectivity index (χ2n) is 6.89. The van der Waals surface area contributed by atoms with Crippen LogP contribution in [-0.4, -0.2) is 54.3 Å². The number of pyridine rings is 1. The topological polar surface area (TPSA) is 92.3 Å². The van der Waals surface area contributed by atoms with E-state index in [1.807, 2.05) is 36.4 Å². The fourth-order valence-corrected chi connectivity index (χ4v) is 3.91. The molecule has 8 nitrogen and oxygen atoms in total. The number of carbonyl (C=O) groups is 1. The Kier molecular flexibility index (Phi) is 6.96. The van der Waals surface area contributed by atoms with E-state index in [1.165, 1.54) is 0 Å². The maximum absolute atomic E-state index is 11.5. The summed E-state index contributed by atoms with van der Waals surface area (Å²) in [6.45, 7) is 3.01. The summed E-state index contributed by atoms with van der Waals surface area (Å²) in [7, 11) is 1.58. The Labute approximate surface area is 185 Å². The first kappa shape index (κ1) is 21.1. The van der Waals surface area contributed by atoms with Crippen LogP contribution in [0.15, 0.2) is 59.8 Å². The molecule has 0 unspecified atom stereocenters. The average Bonchev–Trinajstić information content (AvgIpc) is 2.84. The predicted octanol–water partition coefficient (Wildman–Crippen LogP) is 3.42. The highest BCUT2D eigenvalue weighted by Gasteiger charge is 2.16. The molecule has 1 aliphatic heterocycles. The molecule has 9 heteroatoms. The summed E-state index contributed by atoms with van der Waals surface area (Å²) in [6.07, 6.45) is 3.59. The zero-order valence-electron chi connectivity index (χ0n) is 17.2. The number of amides is 2. The van der Waals surface area contributed by atoms with Gasteiger partial charge in [0.15, 0.2) is 5.82 Å². The number of hydrogen-bond acceptors (Lipinski definition) is 7. The van der Waals surface area contributed by atoms with Gasteiger partial charge in [-0.15, -0.1) is 11.8 Å². The molecule has 1 saturated heterocycles.